The van der Waals surface area contributed by atoms with Crippen molar-refractivity contribution in [3.8, 4) is 0 Å². The third-order valence-electron chi connectivity index (χ3n) is 4.08. The summed E-state index contributed by atoms with van der Waals surface area (Å²) in [7, 11) is 0. The van der Waals surface area contributed by atoms with Crippen molar-refractivity contribution in [2.75, 3.05) is 11.9 Å². The molecular weight excluding hydrogens is 349 g/mol. The van der Waals surface area contributed by atoms with Crippen LogP contribution in [0.2, 0.25) is 10.0 Å². The van der Waals surface area contributed by atoms with Gasteiger partial charge in [-0.05, 0) is 41.8 Å². The molecule has 3 aromatic rings. The first-order valence-electron chi connectivity index (χ1n) is 7.42. The summed E-state index contributed by atoms with van der Waals surface area (Å²) in [6.45, 7) is 1.18. The molecule has 1 N–H and O–H groups in total. The van der Waals surface area contributed by atoms with Gasteiger partial charge in [-0.15, -0.1) is 10.2 Å². The van der Waals surface area contributed by atoms with E-state index in [4.69, 9.17) is 23.2 Å². The van der Waals surface area contributed by atoms with E-state index in [0.717, 1.165) is 17.6 Å². The van der Waals surface area contributed by atoms with E-state index in [1.165, 1.54) is 5.56 Å². The lowest BCUT2D eigenvalue weighted by atomic mass is 10.0. The number of rotatable bonds is 1. The third-order valence-corrected chi connectivity index (χ3v) is 4.82. The molecule has 0 saturated heterocycles. The topological polar surface area (TPSA) is 62.5 Å². The first-order valence-corrected chi connectivity index (χ1v) is 8.18. The molecule has 8 heteroatoms. The first-order chi connectivity index (χ1) is 11.6. The Bertz CT molecular complexity index is 939. The predicted molar refractivity (Wildman–Crippen MR) is 92.6 cm³/mol. The van der Waals surface area contributed by atoms with Gasteiger partial charge in [0.2, 0.25) is 0 Å². The molecule has 2 amide bonds. The molecule has 0 saturated carbocycles. The highest BCUT2D eigenvalue weighted by molar-refractivity contribution is 6.42. The molecule has 0 radical (unpaired) electrons. The van der Waals surface area contributed by atoms with Crippen LogP contribution in [0, 0.1) is 0 Å². The molecule has 1 aliphatic rings. The predicted octanol–water partition coefficient (Wildman–Crippen LogP) is 3.63. The zero-order valence-electron chi connectivity index (χ0n) is 12.5. The molecule has 24 heavy (non-hydrogen) atoms. The molecule has 0 unspecified atom stereocenters. The van der Waals surface area contributed by atoms with Gasteiger partial charge in [0.15, 0.2) is 5.65 Å². The number of carbonyl (C=O) groups excluding carboxylic acids is 1. The molecule has 1 aromatic carbocycles. The minimum Gasteiger partial charge on any atom is -0.320 e. The number of nitrogens with zero attached hydrogens (tertiary/aromatic N) is 4. The third kappa shape index (κ3) is 2.79. The van der Waals surface area contributed by atoms with Crippen LogP contribution in [0.1, 0.15) is 11.1 Å². The Morgan fingerprint density at radius 1 is 1.17 bits per heavy atom. The lowest BCUT2D eigenvalue weighted by Crippen LogP contribution is -2.39. The van der Waals surface area contributed by atoms with Crippen molar-refractivity contribution in [1.29, 1.82) is 0 Å². The quantitative estimate of drug-likeness (QED) is 0.719. The molecule has 0 spiro atoms. The average Bonchev–Trinajstić information content (AvgIpc) is 3.02. The van der Waals surface area contributed by atoms with Gasteiger partial charge in [-0.2, -0.15) is 0 Å². The average molecular weight is 362 g/mol. The van der Waals surface area contributed by atoms with Crippen LogP contribution in [0.25, 0.3) is 5.65 Å². The van der Waals surface area contributed by atoms with Crippen LogP contribution < -0.4 is 5.32 Å². The van der Waals surface area contributed by atoms with E-state index in [-0.39, 0.29) is 6.03 Å². The van der Waals surface area contributed by atoms with Crippen molar-refractivity contribution in [2.24, 2.45) is 0 Å². The van der Waals surface area contributed by atoms with Gasteiger partial charge in [0, 0.05) is 25.0 Å². The summed E-state index contributed by atoms with van der Waals surface area (Å²) in [6.07, 6.45) is 4.42. The van der Waals surface area contributed by atoms with Crippen LogP contribution in [-0.4, -0.2) is 32.1 Å². The second-order valence-electron chi connectivity index (χ2n) is 5.65. The van der Waals surface area contributed by atoms with Crippen molar-refractivity contribution >= 4 is 40.6 Å². The van der Waals surface area contributed by atoms with Crippen LogP contribution in [0.3, 0.4) is 0 Å². The van der Waals surface area contributed by atoms with Crippen molar-refractivity contribution < 1.29 is 4.79 Å². The summed E-state index contributed by atoms with van der Waals surface area (Å²) >= 11 is 11.9. The Balaban J connectivity index is 1.52. The number of fused-ring (bicyclic) bond motifs is 2. The molecule has 6 nitrogen and oxygen atoms in total. The van der Waals surface area contributed by atoms with Crippen LogP contribution in [0.5, 0.6) is 0 Å². The Labute approximate surface area is 148 Å². The van der Waals surface area contributed by atoms with Crippen molar-refractivity contribution in [2.45, 2.75) is 13.0 Å². The van der Waals surface area contributed by atoms with Crippen LogP contribution in [0.4, 0.5) is 10.5 Å². The van der Waals surface area contributed by atoms with Gasteiger partial charge in [0.05, 0.1) is 10.0 Å². The lowest BCUT2D eigenvalue weighted by molar-refractivity contribution is 0.206. The lowest BCUT2D eigenvalue weighted by Gasteiger charge is -2.29. The summed E-state index contributed by atoms with van der Waals surface area (Å²) in [4.78, 5) is 14.3. The summed E-state index contributed by atoms with van der Waals surface area (Å²) in [5.41, 5.74) is 3.74. The van der Waals surface area contributed by atoms with E-state index in [1.54, 1.807) is 29.4 Å². The number of carbonyl (C=O) groups is 1. The van der Waals surface area contributed by atoms with Gasteiger partial charge < -0.3 is 10.2 Å². The fourth-order valence-corrected chi connectivity index (χ4v) is 3.12. The Morgan fingerprint density at radius 3 is 2.88 bits per heavy atom. The van der Waals surface area contributed by atoms with Gasteiger partial charge in [-0.3, -0.25) is 4.40 Å². The smallest absolute Gasteiger partial charge is 0.320 e. The molecular formula is C16H13Cl2N5O. The molecule has 0 aliphatic carbocycles. The number of nitrogens with one attached hydrogen (secondary N) is 1. The van der Waals surface area contributed by atoms with Crippen LogP contribution >= 0.6 is 23.2 Å². The Kier molecular flexibility index (Phi) is 3.78. The van der Waals surface area contributed by atoms with E-state index in [9.17, 15) is 4.79 Å². The summed E-state index contributed by atoms with van der Waals surface area (Å²) in [5, 5.41) is 11.7. The number of hydrogen-bond donors (Lipinski definition) is 1. The second-order valence-corrected chi connectivity index (χ2v) is 6.47. The summed E-state index contributed by atoms with van der Waals surface area (Å²) in [5.74, 6) is 0. The number of benzene rings is 1. The highest BCUT2D eigenvalue weighted by Crippen LogP contribution is 2.26. The zero-order chi connectivity index (χ0) is 16.7. The van der Waals surface area contributed by atoms with E-state index >= 15 is 0 Å². The maximum Gasteiger partial charge on any atom is 0.322 e. The Morgan fingerprint density at radius 2 is 2.04 bits per heavy atom. The highest BCUT2D eigenvalue weighted by Gasteiger charge is 2.21. The zero-order valence-corrected chi connectivity index (χ0v) is 14.1. The number of amides is 2. The fraction of sp³-hybridized carbons (Fsp3) is 0.188. The minimum absolute atomic E-state index is 0.164. The minimum atomic E-state index is -0.164. The molecule has 2 aromatic heterocycles. The summed E-state index contributed by atoms with van der Waals surface area (Å²) in [6, 6.07) is 6.89. The number of halogens is 2. The number of anilines is 1. The number of pyridine rings is 1. The second kappa shape index (κ2) is 5.96. The Hall–Kier alpha value is -2.31. The van der Waals surface area contributed by atoms with Gasteiger partial charge in [-0.25, -0.2) is 4.79 Å². The number of aromatic nitrogens is 3. The van der Waals surface area contributed by atoms with Crippen molar-refractivity contribution in [3.63, 3.8) is 0 Å². The number of urea groups is 1. The summed E-state index contributed by atoms with van der Waals surface area (Å²) < 4.78 is 1.86. The van der Waals surface area contributed by atoms with E-state index < -0.39 is 0 Å². The molecule has 122 valence electrons. The largest absolute Gasteiger partial charge is 0.322 e. The van der Waals surface area contributed by atoms with Crippen molar-refractivity contribution in [1.82, 2.24) is 19.5 Å². The molecule has 0 fully saturated rings. The van der Waals surface area contributed by atoms with Crippen LogP contribution in [0.15, 0.2) is 36.8 Å². The fourth-order valence-electron chi connectivity index (χ4n) is 2.82. The van der Waals surface area contributed by atoms with E-state index in [1.807, 2.05) is 16.7 Å². The highest BCUT2D eigenvalue weighted by atomic mass is 35.5. The number of hydrogen-bond acceptors (Lipinski definition) is 3. The molecule has 1 aliphatic heterocycles. The van der Waals surface area contributed by atoms with Gasteiger partial charge in [0.1, 0.15) is 6.33 Å². The van der Waals surface area contributed by atoms with Gasteiger partial charge in [-0.1, -0.05) is 23.2 Å². The van der Waals surface area contributed by atoms with Gasteiger partial charge >= 0.3 is 6.03 Å². The standard InChI is InChI=1S/C16H13Cl2N5O/c17-13-2-1-12(6-14(13)18)20-16(24)22-4-3-10-5-15-21-19-9-23(15)8-11(10)7-22/h1-2,5-6,8-9H,3-4,7H2,(H,20,24). The maximum atomic E-state index is 12.5. The van der Waals surface area contributed by atoms with E-state index in [0.29, 0.717) is 28.8 Å². The SMILES string of the molecule is O=C(Nc1ccc(Cl)c(Cl)c1)N1CCc2cc3nncn3cc2C1. The molecule has 0 atom stereocenters. The molecule has 0 bridgehead atoms. The van der Waals surface area contributed by atoms with Crippen molar-refractivity contribution in [3.05, 3.63) is 58.0 Å². The monoisotopic (exact) mass is 361 g/mol. The van der Waals surface area contributed by atoms with Crippen LogP contribution in [-0.2, 0) is 13.0 Å². The first kappa shape index (κ1) is 15.2. The normalized spacial score (nSPS) is 13.8. The van der Waals surface area contributed by atoms with E-state index in [2.05, 4.69) is 15.5 Å². The maximum absolute atomic E-state index is 12.5. The van der Waals surface area contributed by atoms with Gasteiger partial charge in [0.25, 0.3) is 0 Å². The molecule has 4 rings (SSSR count). The molecule has 3 heterocycles.